The van der Waals surface area contributed by atoms with Crippen LogP contribution < -0.4 is 5.32 Å². The number of alkyl halides is 3. The van der Waals surface area contributed by atoms with E-state index in [2.05, 4.69) is 20.4 Å². The first-order chi connectivity index (χ1) is 12.7. The Bertz CT molecular complexity index is 1190. The van der Waals surface area contributed by atoms with Crippen LogP contribution >= 0.6 is 0 Å². The molecule has 0 atom stereocenters. The quantitative estimate of drug-likeness (QED) is 0.585. The molecule has 138 valence electrons. The summed E-state index contributed by atoms with van der Waals surface area (Å²) in [6.45, 7) is 1.45. The molecule has 0 unspecified atom stereocenters. The molecule has 27 heavy (non-hydrogen) atoms. The van der Waals surface area contributed by atoms with Gasteiger partial charge in [0.25, 0.3) is 5.91 Å². The van der Waals surface area contributed by atoms with Gasteiger partial charge >= 0.3 is 6.18 Å². The summed E-state index contributed by atoms with van der Waals surface area (Å²) in [6, 6.07) is 9.37. The number of amides is 1. The average Bonchev–Trinajstić information content (AvgIpc) is 3.15. The number of halogens is 3. The van der Waals surface area contributed by atoms with E-state index in [1.807, 2.05) is 18.2 Å². The summed E-state index contributed by atoms with van der Waals surface area (Å²) in [5, 5.41) is 6.36. The van der Waals surface area contributed by atoms with Gasteiger partial charge in [0.15, 0.2) is 11.3 Å². The monoisotopic (exact) mass is 374 g/mol. The maximum absolute atomic E-state index is 13.2. The van der Waals surface area contributed by atoms with Crippen molar-refractivity contribution < 1.29 is 18.0 Å². The fourth-order valence-corrected chi connectivity index (χ4v) is 2.84. The second-order valence-electron chi connectivity index (χ2n) is 6.02. The highest BCUT2D eigenvalue weighted by Gasteiger charge is 2.35. The number of carbonyl (C=O) groups is 1. The van der Waals surface area contributed by atoms with E-state index in [1.54, 1.807) is 17.7 Å². The van der Waals surface area contributed by atoms with Crippen LogP contribution in [0.5, 0.6) is 0 Å². The summed E-state index contributed by atoms with van der Waals surface area (Å²) in [4.78, 5) is 20.8. The average molecular weight is 374 g/mol. The van der Waals surface area contributed by atoms with E-state index in [1.165, 1.54) is 13.0 Å². The predicted molar refractivity (Wildman–Crippen MR) is 91.4 cm³/mol. The van der Waals surface area contributed by atoms with Crippen molar-refractivity contribution >= 4 is 28.5 Å². The number of anilines is 1. The molecule has 7 nitrogen and oxygen atoms in total. The van der Waals surface area contributed by atoms with E-state index in [9.17, 15) is 18.0 Å². The van der Waals surface area contributed by atoms with Gasteiger partial charge in [-0.3, -0.25) is 10.1 Å². The molecular weight excluding hydrogens is 361 g/mol. The first kappa shape index (κ1) is 17.0. The zero-order chi connectivity index (χ0) is 19.3. The highest BCUT2D eigenvalue weighted by molar-refractivity contribution is 6.03. The largest absolute Gasteiger partial charge is 0.433 e. The lowest BCUT2D eigenvalue weighted by atomic mass is 10.3. The van der Waals surface area contributed by atoms with Crippen LogP contribution in [-0.2, 0) is 13.2 Å². The van der Waals surface area contributed by atoms with E-state index >= 15 is 0 Å². The summed E-state index contributed by atoms with van der Waals surface area (Å²) in [6.07, 6.45) is -4.62. The summed E-state index contributed by atoms with van der Waals surface area (Å²) < 4.78 is 42.0. The summed E-state index contributed by atoms with van der Waals surface area (Å²) >= 11 is 0. The van der Waals surface area contributed by atoms with Crippen molar-refractivity contribution in [2.45, 2.75) is 13.1 Å². The van der Waals surface area contributed by atoms with Crippen LogP contribution in [0.2, 0.25) is 0 Å². The number of benzene rings is 1. The number of para-hydroxylation sites is 2. The number of fused-ring (bicyclic) bond motifs is 2. The van der Waals surface area contributed by atoms with Gasteiger partial charge in [-0.2, -0.15) is 18.3 Å². The SMILES string of the molecule is Cc1cc(C(F)(F)F)n2nc(C(=O)Nc3nc4ccccc4n3C)cc2n1. The molecule has 0 saturated carbocycles. The van der Waals surface area contributed by atoms with Gasteiger partial charge in [-0.1, -0.05) is 12.1 Å². The first-order valence-electron chi connectivity index (χ1n) is 7.91. The number of aromatic nitrogens is 5. The van der Waals surface area contributed by atoms with Crippen molar-refractivity contribution in [2.24, 2.45) is 7.05 Å². The smallest absolute Gasteiger partial charge is 0.313 e. The van der Waals surface area contributed by atoms with E-state index in [-0.39, 0.29) is 23.0 Å². The Balaban J connectivity index is 1.73. The van der Waals surface area contributed by atoms with Crippen LogP contribution in [0.4, 0.5) is 19.1 Å². The molecule has 0 fully saturated rings. The molecule has 0 bridgehead atoms. The molecule has 0 aliphatic heterocycles. The minimum Gasteiger partial charge on any atom is -0.313 e. The Morgan fingerprint density at radius 2 is 1.89 bits per heavy atom. The van der Waals surface area contributed by atoms with Crippen LogP contribution in [-0.4, -0.2) is 30.1 Å². The number of nitrogens with zero attached hydrogens (tertiary/aromatic N) is 5. The van der Waals surface area contributed by atoms with Gasteiger partial charge in [0.2, 0.25) is 5.95 Å². The first-order valence-corrected chi connectivity index (χ1v) is 7.91. The van der Waals surface area contributed by atoms with Crippen LogP contribution in [0.3, 0.4) is 0 Å². The predicted octanol–water partition coefficient (Wildman–Crippen LogP) is 3.20. The molecule has 1 amide bonds. The van der Waals surface area contributed by atoms with Gasteiger partial charge < -0.3 is 4.57 Å². The van der Waals surface area contributed by atoms with Crippen molar-refractivity contribution in [3.05, 3.63) is 53.5 Å². The third-order valence-corrected chi connectivity index (χ3v) is 4.09. The van der Waals surface area contributed by atoms with E-state index in [0.29, 0.717) is 10.0 Å². The van der Waals surface area contributed by atoms with Gasteiger partial charge in [-0.05, 0) is 25.1 Å². The fourth-order valence-electron chi connectivity index (χ4n) is 2.84. The molecular formula is C17H13F3N6O. The lowest BCUT2D eigenvalue weighted by Crippen LogP contribution is -2.17. The number of nitrogens with one attached hydrogen (secondary N) is 1. The maximum Gasteiger partial charge on any atom is 0.433 e. The number of carbonyl (C=O) groups excluding carboxylic acids is 1. The van der Waals surface area contributed by atoms with Gasteiger partial charge in [0, 0.05) is 18.8 Å². The minimum atomic E-state index is -4.62. The van der Waals surface area contributed by atoms with Gasteiger partial charge in [-0.15, -0.1) is 0 Å². The van der Waals surface area contributed by atoms with Gasteiger partial charge in [0.1, 0.15) is 5.69 Å². The van der Waals surface area contributed by atoms with E-state index < -0.39 is 17.8 Å². The van der Waals surface area contributed by atoms with Crippen molar-refractivity contribution in [3.8, 4) is 0 Å². The number of hydrogen-bond donors (Lipinski definition) is 1. The second kappa shape index (κ2) is 5.79. The number of hydrogen-bond acceptors (Lipinski definition) is 4. The summed E-state index contributed by atoms with van der Waals surface area (Å²) in [7, 11) is 1.72. The highest BCUT2D eigenvalue weighted by Crippen LogP contribution is 2.30. The van der Waals surface area contributed by atoms with Crippen molar-refractivity contribution in [3.63, 3.8) is 0 Å². The van der Waals surface area contributed by atoms with Crippen LogP contribution in [0.15, 0.2) is 36.4 Å². The Morgan fingerprint density at radius 1 is 1.15 bits per heavy atom. The zero-order valence-corrected chi connectivity index (χ0v) is 14.2. The van der Waals surface area contributed by atoms with Gasteiger partial charge in [-0.25, -0.2) is 14.5 Å². The van der Waals surface area contributed by atoms with E-state index in [4.69, 9.17) is 0 Å². The molecule has 0 radical (unpaired) electrons. The van der Waals surface area contributed by atoms with Gasteiger partial charge in [0.05, 0.1) is 11.0 Å². The Kier molecular flexibility index (Phi) is 3.65. The summed E-state index contributed by atoms with van der Waals surface area (Å²) in [5.74, 6) is -0.414. The van der Waals surface area contributed by atoms with Crippen molar-refractivity contribution in [1.29, 1.82) is 0 Å². The standard InChI is InChI=1S/C17H13F3N6O/c1-9-7-13(17(18,19)20)26-14(21-9)8-11(24-26)15(27)23-16-22-10-5-3-4-6-12(10)25(16)2/h3-8H,1-2H3,(H,22,23,27). The lowest BCUT2D eigenvalue weighted by molar-refractivity contribution is -0.142. The Hall–Kier alpha value is -3.43. The molecule has 0 aliphatic carbocycles. The normalized spacial score (nSPS) is 12.0. The number of rotatable bonds is 2. The minimum absolute atomic E-state index is 0.0579. The molecule has 4 aromatic rings. The molecule has 10 heteroatoms. The molecule has 0 aliphatic rings. The Labute approximate surface area is 150 Å². The van der Waals surface area contributed by atoms with Crippen molar-refractivity contribution in [2.75, 3.05) is 5.32 Å². The molecule has 0 spiro atoms. The number of imidazole rings is 1. The molecule has 1 N–H and O–H groups in total. The second-order valence-corrected chi connectivity index (χ2v) is 6.02. The third kappa shape index (κ3) is 2.88. The molecule has 3 heterocycles. The third-order valence-electron chi connectivity index (χ3n) is 4.09. The molecule has 4 rings (SSSR count). The summed E-state index contributed by atoms with van der Waals surface area (Å²) in [5.41, 5.74) is 0.424. The molecule has 3 aromatic heterocycles. The Morgan fingerprint density at radius 3 is 2.59 bits per heavy atom. The lowest BCUT2D eigenvalue weighted by Gasteiger charge is -2.09. The van der Waals surface area contributed by atoms with Crippen LogP contribution in [0, 0.1) is 6.92 Å². The van der Waals surface area contributed by atoms with Crippen molar-refractivity contribution in [1.82, 2.24) is 24.1 Å². The van der Waals surface area contributed by atoms with Crippen LogP contribution in [0.25, 0.3) is 16.7 Å². The molecule has 1 aromatic carbocycles. The molecule has 0 saturated heterocycles. The number of aryl methyl sites for hydroxylation is 2. The topological polar surface area (TPSA) is 77.1 Å². The van der Waals surface area contributed by atoms with E-state index in [0.717, 1.165) is 11.6 Å². The van der Waals surface area contributed by atoms with Crippen LogP contribution in [0.1, 0.15) is 21.9 Å². The fraction of sp³-hybridized carbons (Fsp3) is 0.176. The highest BCUT2D eigenvalue weighted by atomic mass is 19.4. The maximum atomic E-state index is 13.2. The zero-order valence-electron chi connectivity index (χ0n) is 14.2.